The highest BCUT2D eigenvalue weighted by Gasteiger charge is 2.23. The van der Waals surface area contributed by atoms with Crippen molar-refractivity contribution in [1.29, 1.82) is 0 Å². The van der Waals surface area contributed by atoms with Gasteiger partial charge in [-0.1, -0.05) is 47.0 Å². The molecular weight excluding hydrogens is 519 g/mol. The summed E-state index contributed by atoms with van der Waals surface area (Å²) in [4.78, 5) is 0. The Morgan fingerprint density at radius 2 is 1.42 bits per heavy atom. The van der Waals surface area contributed by atoms with E-state index in [9.17, 15) is 16.8 Å². The van der Waals surface area contributed by atoms with Crippen LogP contribution in [0.3, 0.4) is 0 Å². The second kappa shape index (κ2) is 8.27. The Morgan fingerprint density at radius 1 is 0.806 bits per heavy atom. The second-order valence-electron chi connectivity index (χ2n) is 6.56. The molecular formula is C19H14Cl2N2O4S4. The van der Waals surface area contributed by atoms with Crippen LogP contribution in [0.15, 0.2) is 62.3 Å². The molecule has 0 saturated carbocycles. The molecule has 2 aromatic carbocycles. The first-order valence-electron chi connectivity index (χ1n) is 8.63. The fraction of sp³-hybridized carbons (Fsp3) is 0.0526. The molecule has 0 aliphatic heterocycles. The van der Waals surface area contributed by atoms with E-state index in [1.165, 1.54) is 18.2 Å². The molecule has 4 aromatic rings. The highest BCUT2D eigenvalue weighted by molar-refractivity contribution is 7.95. The number of sulfonamides is 2. The zero-order valence-corrected chi connectivity index (χ0v) is 20.5. The van der Waals surface area contributed by atoms with Gasteiger partial charge in [-0.2, -0.15) is 0 Å². The minimum Gasteiger partial charge on any atom is -0.277 e. The van der Waals surface area contributed by atoms with Crippen LogP contribution in [0.1, 0.15) is 5.56 Å². The Balaban J connectivity index is 1.74. The number of hydrogen-bond donors (Lipinski definition) is 2. The minimum atomic E-state index is -4.01. The highest BCUT2D eigenvalue weighted by Crippen LogP contribution is 2.37. The van der Waals surface area contributed by atoms with Gasteiger partial charge in [0.2, 0.25) is 0 Å². The van der Waals surface area contributed by atoms with E-state index in [1.807, 2.05) is 25.1 Å². The van der Waals surface area contributed by atoms with Gasteiger partial charge in [-0.25, -0.2) is 16.8 Å². The third kappa shape index (κ3) is 4.69. The Kier molecular flexibility index (Phi) is 5.97. The minimum absolute atomic E-state index is 0.0386. The van der Waals surface area contributed by atoms with Gasteiger partial charge in [-0.15, -0.1) is 22.7 Å². The Hall–Kier alpha value is -1.82. The third-order valence-electron chi connectivity index (χ3n) is 4.22. The molecule has 6 nitrogen and oxygen atoms in total. The van der Waals surface area contributed by atoms with Crippen molar-refractivity contribution in [3.63, 3.8) is 0 Å². The van der Waals surface area contributed by atoms with Crippen LogP contribution in [0.4, 0.5) is 11.4 Å². The van der Waals surface area contributed by atoms with E-state index in [0.717, 1.165) is 38.3 Å². The molecule has 162 valence electrons. The molecule has 0 unspecified atom stereocenters. The van der Waals surface area contributed by atoms with Crippen LogP contribution in [-0.4, -0.2) is 16.8 Å². The summed E-state index contributed by atoms with van der Waals surface area (Å²) in [7, 11) is -7.95. The van der Waals surface area contributed by atoms with Crippen molar-refractivity contribution in [2.24, 2.45) is 0 Å². The standard InChI is InChI=1S/C19H14Cl2N2O4S4/c1-11-4-5-17-12(7-11)8-19(29-17)31(26,27)23-16-10-14(21)13(20)9-15(16)22-30(24,25)18-3-2-6-28-18/h2-10,22-23H,1H3. The summed E-state index contributed by atoms with van der Waals surface area (Å²) in [6.45, 7) is 1.92. The van der Waals surface area contributed by atoms with E-state index < -0.39 is 20.0 Å². The van der Waals surface area contributed by atoms with Crippen molar-refractivity contribution in [3.8, 4) is 0 Å². The van der Waals surface area contributed by atoms with Crippen LogP contribution < -0.4 is 9.44 Å². The lowest BCUT2D eigenvalue weighted by molar-refractivity contribution is 0.601. The monoisotopic (exact) mass is 532 g/mol. The predicted molar refractivity (Wildman–Crippen MR) is 129 cm³/mol. The Bertz CT molecular complexity index is 1500. The molecule has 2 N–H and O–H groups in total. The lowest BCUT2D eigenvalue weighted by Gasteiger charge is -2.15. The number of rotatable bonds is 6. The number of benzene rings is 2. The summed E-state index contributed by atoms with van der Waals surface area (Å²) in [5, 5.41) is 2.57. The lowest BCUT2D eigenvalue weighted by atomic mass is 10.2. The number of aryl methyl sites for hydroxylation is 1. The normalized spacial score (nSPS) is 12.2. The molecule has 4 rings (SSSR count). The molecule has 0 amide bonds. The quantitative estimate of drug-likeness (QED) is 0.310. The molecule has 2 heterocycles. The Labute approximate surface area is 197 Å². The molecule has 31 heavy (non-hydrogen) atoms. The van der Waals surface area contributed by atoms with Crippen molar-refractivity contribution >= 4 is 87.4 Å². The van der Waals surface area contributed by atoms with Crippen molar-refractivity contribution in [1.82, 2.24) is 0 Å². The predicted octanol–water partition coefficient (Wildman–Crippen LogP) is 6.18. The summed E-state index contributed by atoms with van der Waals surface area (Å²) in [6, 6.07) is 12.8. The summed E-state index contributed by atoms with van der Waals surface area (Å²) < 4.78 is 57.2. The highest BCUT2D eigenvalue weighted by atomic mass is 35.5. The van der Waals surface area contributed by atoms with Crippen LogP contribution in [0, 0.1) is 6.92 Å². The van der Waals surface area contributed by atoms with Gasteiger partial charge in [0.25, 0.3) is 20.0 Å². The fourth-order valence-corrected chi connectivity index (χ4v) is 7.63. The molecule has 0 bridgehead atoms. The van der Waals surface area contributed by atoms with Crippen LogP contribution in [-0.2, 0) is 20.0 Å². The van der Waals surface area contributed by atoms with Gasteiger partial charge >= 0.3 is 0 Å². The average molecular weight is 534 g/mol. The molecule has 0 spiro atoms. The Morgan fingerprint density at radius 3 is 2.00 bits per heavy atom. The molecule has 0 aliphatic rings. The third-order valence-corrected chi connectivity index (χ3v) is 10.7. The van der Waals surface area contributed by atoms with Gasteiger partial charge in [-0.3, -0.25) is 9.44 Å². The van der Waals surface area contributed by atoms with E-state index in [2.05, 4.69) is 9.44 Å². The maximum atomic E-state index is 13.0. The van der Waals surface area contributed by atoms with Crippen molar-refractivity contribution in [2.45, 2.75) is 15.3 Å². The first-order chi connectivity index (χ1) is 14.5. The van der Waals surface area contributed by atoms with E-state index in [1.54, 1.807) is 17.5 Å². The number of thiophene rings is 2. The smallest absolute Gasteiger partial charge is 0.271 e. The van der Waals surface area contributed by atoms with E-state index in [0.29, 0.717) is 0 Å². The largest absolute Gasteiger partial charge is 0.277 e. The molecule has 0 fully saturated rings. The molecule has 0 aliphatic carbocycles. The van der Waals surface area contributed by atoms with Crippen molar-refractivity contribution in [2.75, 3.05) is 9.44 Å². The van der Waals surface area contributed by atoms with E-state index in [-0.39, 0.29) is 29.8 Å². The maximum Gasteiger partial charge on any atom is 0.271 e. The SMILES string of the molecule is Cc1ccc2sc(S(=O)(=O)Nc3cc(Cl)c(Cl)cc3NS(=O)(=O)c3cccs3)cc2c1. The average Bonchev–Trinajstić information content (AvgIpc) is 3.35. The van der Waals surface area contributed by atoms with Gasteiger partial charge < -0.3 is 0 Å². The van der Waals surface area contributed by atoms with Crippen LogP contribution in [0.2, 0.25) is 10.0 Å². The van der Waals surface area contributed by atoms with E-state index >= 15 is 0 Å². The van der Waals surface area contributed by atoms with Gasteiger partial charge in [0.05, 0.1) is 21.4 Å². The zero-order valence-electron chi connectivity index (χ0n) is 15.7. The number of fused-ring (bicyclic) bond motifs is 1. The number of halogens is 2. The molecule has 0 atom stereocenters. The molecule has 2 aromatic heterocycles. The topological polar surface area (TPSA) is 92.3 Å². The maximum absolute atomic E-state index is 13.0. The molecule has 0 saturated heterocycles. The first kappa shape index (κ1) is 22.4. The number of hydrogen-bond acceptors (Lipinski definition) is 6. The van der Waals surface area contributed by atoms with Crippen LogP contribution in [0.5, 0.6) is 0 Å². The van der Waals surface area contributed by atoms with Crippen LogP contribution in [0.25, 0.3) is 10.1 Å². The molecule has 0 radical (unpaired) electrons. The first-order valence-corrected chi connectivity index (χ1v) is 14.1. The van der Waals surface area contributed by atoms with Gasteiger partial charge in [0.15, 0.2) is 0 Å². The molecule has 12 heteroatoms. The summed E-state index contributed by atoms with van der Waals surface area (Å²) in [5.41, 5.74) is 0.934. The number of anilines is 2. The second-order valence-corrected chi connectivity index (χ2v) is 13.2. The van der Waals surface area contributed by atoms with Crippen molar-refractivity contribution < 1.29 is 16.8 Å². The number of nitrogens with one attached hydrogen (secondary N) is 2. The van der Waals surface area contributed by atoms with Crippen molar-refractivity contribution in [3.05, 3.63) is 69.5 Å². The fourth-order valence-electron chi connectivity index (χ4n) is 2.79. The zero-order chi connectivity index (χ0) is 22.4. The van der Waals surface area contributed by atoms with Crippen LogP contribution >= 0.6 is 45.9 Å². The summed E-state index contributed by atoms with van der Waals surface area (Å²) >= 11 is 14.3. The van der Waals surface area contributed by atoms with Gasteiger partial charge in [-0.05, 0) is 48.0 Å². The summed E-state index contributed by atoms with van der Waals surface area (Å²) in [5.74, 6) is 0. The van der Waals surface area contributed by atoms with Gasteiger partial charge in [0.1, 0.15) is 8.42 Å². The lowest BCUT2D eigenvalue weighted by Crippen LogP contribution is -2.16. The van der Waals surface area contributed by atoms with Gasteiger partial charge in [0, 0.05) is 4.70 Å². The van der Waals surface area contributed by atoms with E-state index in [4.69, 9.17) is 23.2 Å². The summed E-state index contributed by atoms with van der Waals surface area (Å²) in [6.07, 6.45) is 0.